The van der Waals surface area contributed by atoms with Gasteiger partial charge in [0.2, 0.25) is 5.91 Å². The van der Waals surface area contributed by atoms with Gasteiger partial charge < -0.3 is 19.1 Å². The summed E-state index contributed by atoms with van der Waals surface area (Å²) in [5, 5.41) is 0.435. The maximum Gasteiger partial charge on any atom is 0.410 e. The normalized spacial score (nSPS) is 24.6. The first kappa shape index (κ1) is 32.4. The monoisotopic (exact) mass is 660 g/mol. The van der Waals surface area contributed by atoms with Gasteiger partial charge in [0.25, 0.3) is 0 Å². The molecular formula is C37H49ClN6O3. The average molecular weight is 661 g/mol. The van der Waals surface area contributed by atoms with Crippen LogP contribution in [0, 0.1) is 5.41 Å². The summed E-state index contributed by atoms with van der Waals surface area (Å²) in [4.78, 5) is 43.7. The van der Waals surface area contributed by atoms with Crippen LogP contribution < -0.4 is 4.90 Å². The number of ether oxygens (including phenoxy) is 1. The van der Waals surface area contributed by atoms with E-state index in [-0.39, 0.29) is 24.1 Å². The number of amides is 2. The van der Waals surface area contributed by atoms with E-state index in [9.17, 15) is 9.59 Å². The fourth-order valence-electron chi connectivity index (χ4n) is 8.22. The average Bonchev–Trinajstić information content (AvgIpc) is 3.65. The van der Waals surface area contributed by atoms with Gasteiger partial charge in [-0.3, -0.25) is 9.69 Å². The fraction of sp³-hybridized carbons (Fsp3) is 0.622. The molecule has 5 heterocycles. The lowest BCUT2D eigenvalue weighted by Gasteiger charge is -2.46. The molecule has 1 spiro atoms. The summed E-state index contributed by atoms with van der Waals surface area (Å²) in [6, 6.07) is 9.28. The van der Waals surface area contributed by atoms with E-state index in [1.54, 1.807) is 4.90 Å². The lowest BCUT2D eigenvalue weighted by molar-refractivity contribution is -0.126. The minimum absolute atomic E-state index is 0.152. The van der Waals surface area contributed by atoms with Crippen LogP contribution in [0.3, 0.4) is 0 Å². The van der Waals surface area contributed by atoms with Crippen molar-refractivity contribution < 1.29 is 14.3 Å². The highest BCUT2D eigenvalue weighted by Gasteiger charge is 2.56. The van der Waals surface area contributed by atoms with E-state index < -0.39 is 11.0 Å². The van der Waals surface area contributed by atoms with Gasteiger partial charge in [0.05, 0.1) is 23.0 Å². The molecule has 0 radical (unpaired) electrons. The minimum Gasteiger partial charge on any atom is -0.444 e. The third-order valence-electron chi connectivity index (χ3n) is 11.2. The molecule has 1 aromatic carbocycles. The second kappa shape index (κ2) is 11.5. The van der Waals surface area contributed by atoms with Gasteiger partial charge >= 0.3 is 6.09 Å². The number of carbonyl (C=O) groups excluding carboxylic acids is 2. The number of aromatic nitrogens is 3. The number of pyridine rings is 1. The van der Waals surface area contributed by atoms with E-state index in [1.807, 2.05) is 33.2 Å². The fourth-order valence-corrected chi connectivity index (χ4v) is 8.51. The molecule has 4 aliphatic rings. The molecule has 3 aliphatic heterocycles. The summed E-state index contributed by atoms with van der Waals surface area (Å²) in [5.74, 6) is 0.174. The minimum atomic E-state index is -0.656. The smallest absolute Gasteiger partial charge is 0.410 e. The van der Waals surface area contributed by atoms with Crippen LogP contribution in [-0.4, -0.2) is 80.2 Å². The van der Waals surface area contributed by atoms with E-state index in [1.165, 1.54) is 6.42 Å². The van der Waals surface area contributed by atoms with Crippen molar-refractivity contribution in [3.63, 3.8) is 0 Å². The molecule has 3 aromatic rings. The molecule has 7 rings (SSSR count). The number of piperidine rings is 1. The summed E-state index contributed by atoms with van der Waals surface area (Å²) in [6.07, 6.45) is 6.84. The first-order chi connectivity index (χ1) is 22.2. The number of anilines is 1. The summed E-state index contributed by atoms with van der Waals surface area (Å²) in [5.41, 5.74) is 4.51. The van der Waals surface area contributed by atoms with Gasteiger partial charge in [-0.25, -0.2) is 14.8 Å². The molecule has 10 heteroatoms. The Morgan fingerprint density at radius 1 is 1.09 bits per heavy atom. The zero-order valence-electron chi connectivity index (χ0n) is 29.0. The Morgan fingerprint density at radius 3 is 2.45 bits per heavy atom. The maximum atomic E-state index is 14.7. The van der Waals surface area contributed by atoms with Crippen molar-refractivity contribution in [3.8, 4) is 11.3 Å². The number of hydrogen-bond donors (Lipinski definition) is 0. The van der Waals surface area contributed by atoms with Gasteiger partial charge in [-0.15, -0.1) is 0 Å². The molecule has 2 aromatic heterocycles. The Labute approximate surface area is 283 Å². The van der Waals surface area contributed by atoms with Crippen LogP contribution in [0.2, 0.25) is 5.15 Å². The SMILES string of the molecule is CC[C@H](C)n1cnc2cc(-c3ccc4c(c3)N(C3CC(N5CCC(C)(C)C5)C3)C(=O)C43CCN(C(=O)OC(C)(C)C)CC3)nc(Cl)c21. The van der Waals surface area contributed by atoms with Crippen LogP contribution in [0.15, 0.2) is 30.6 Å². The summed E-state index contributed by atoms with van der Waals surface area (Å²) in [6.45, 7) is 17.9. The van der Waals surface area contributed by atoms with Crippen LogP contribution in [-0.2, 0) is 14.9 Å². The number of halogens is 1. The number of rotatable bonds is 5. The van der Waals surface area contributed by atoms with Crippen molar-refractivity contribution in [2.75, 3.05) is 31.1 Å². The number of fused-ring (bicyclic) bond motifs is 3. The molecule has 9 nitrogen and oxygen atoms in total. The summed E-state index contributed by atoms with van der Waals surface area (Å²) in [7, 11) is 0. The molecule has 47 heavy (non-hydrogen) atoms. The molecule has 1 saturated carbocycles. The molecule has 2 amide bonds. The van der Waals surface area contributed by atoms with Crippen LogP contribution >= 0.6 is 11.6 Å². The Morgan fingerprint density at radius 2 is 1.81 bits per heavy atom. The third kappa shape index (κ3) is 5.61. The topological polar surface area (TPSA) is 83.8 Å². The Hall–Kier alpha value is -3.17. The van der Waals surface area contributed by atoms with Crippen molar-refractivity contribution >= 4 is 40.3 Å². The molecule has 252 valence electrons. The highest BCUT2D eigenvalue weighted by Crippen LogP contribution is 2.52. The van der Waals surface area contributed by atoms with Crippen LogP contribution in [0.5, 0.6) is 0 Å². The van der Waals surface area contributed by atoms with Gasteiger partial charge in [-0.2, -0.15) is 0 Å². The second-order valence-corrected chi connectivity index (χ2v) is 16.6. The largest absolute Gasteiger partial charge is 0.444 e. The van der Waals surface area contributed by atoms with Crippen molar-refractivity contribution in [1.82, 2.24) is 24.3 Å². The number of benzene rings is 1. The third-order valence-corrected chi connectivity index (χ3v) is 11.5. The van der Waals surface area contributed by atoms with Gasteiger partial charge in [-0.05, 0) is 95.9 Å². The Bertz CT molecular complexity index is 1710. The zero-order chi connectivity index (χ0) is 33.5. The van der Waals surface area contributed by atoms with Crippen LogP contribution in [0.1, 0.15) is 98.6 Å². The summed E-state index contributed by atoms with van der Waals surface area (Å²) < 4.78 is 7.77. The van der Waals surface area contributed by atoms with Crippen LogP contribution in [0.4, 0.5) is 10.5 Å². The standard InChI is InChI=1S/C37H49ClN6O3/c1-8-23(2)43-22-39-29-20-28(40-32(38)31(29)43)24-9-10-27-30(17-24)44(26-18-25(19-26)42-14-11-36(6,7)21-42)33(45)37(27)12-15-41(16-13-37)34(46)47-35(3,4)5/h9-10,17,20,22-23,25-26H,8,11-16,18-19,21H2,1-7H3/t23-,25?,26?/m0/s1. The zero-order valence-corrected chi connectivity index (χ0v) is 29.7. The number of hydrogen-bond acceptors (Lipinski definition) is 6. The predicted molar refractivity (Wildman–Crippen MR) is 186 cm³/mol. The molecular weight excluding hydrogens is 612 g/mol. The first-order valence-electron chi connectivity index (χ1n) is 17.4. The Kier molecular flexibility index (Phi) is 7.90. The van der Waals surface area contributed by atoms with Crippen molar-refractivity contribution in [3.05, 3.63) is 41.3 Å². The van der Waals surface area contributed by atoms with Crippen LogP contribution in [0.25, 0.3) is 22.3 Å². The molecule has 0 N–H and O–H groups in total. The molecule has 0 bridgehead atoms. The molecule has 2 saturated heterocycles. The van der Waals surface area contributed by atoms with Gasteiger partial charge in [0.1, 0.15) is 11.1 Å². The maximum absolute atomic E-state index is 14.7. The highest BCUT2D eigenvalue weighted by molar-refractivity contribution is 6.34. The lowest BCUT2D eigenvalue weighted by Crippen LogP contribution is -2.58. The van der Waals surface area contributed by atoms with E-state index in [0.29, 0.717) is 42.5 Å². The molecule has 1 aliphatic carbocycles. The number of nitrogens with zero attached hydrogens (tertiary/aromatic N) is 6. The molecule has 3 fully saturated rings. The Balaban J connectivity index is 1.21. The van der Waals surface area contributed by atoms with Crippen molar-refractivity contribution in [2.24, 2.45) is 5.41 Å². The number of imidazole rings is 1. The first-order valence-corrected chi connectivity index (χ1v) is 17.8. The summed E-state index contributed by atoms with van der Waals surface area (Å²) >= 11 is 6.82. The van der Waals surface area contributed by atoms with Crippen molar-refractivity contribution in [2.45, 2.75) is 116 Å². The predicted octanol–water partition coefficient (Wildman–Crippen LogP) is 7.60. The number of likely N-dealkylation sites (tertiary alicyclic amines) is 2. The number of carbonyl (C=O) groups is 2. The molecule has 1 atom stereocenters. The van der Waals surface area contributed by atoms with E-state index in [0.717, 1.165) is 65.9 Å². The van der Waals surface area contributed by atoms with E-state index in [2.05, 4.69) is 65.2 Å². The van der Waals surface area contributed by atoms with Gasteiger partial charge in [0.15, 0.2) is 5.15 Å². The van der Waals surface area contributed by atoms with E-state index >= 15 is 0 Å². The quantitative estimate of drug-likeness (QED) is 0.262. The second-order valence-electron chi connectivity index (χ2n) is 16.2. The molecule has 0 unspecified atom stereocenters. The van der Waals surface area contributed by atoms with Gasteiger partial charge in [-0.1, -0.05) is 44.5 Å². The lowest BCUT2D eigenvalue weighted by atomic mass is 9.73. The van der Waals surface area contributed by atoms with Gasteiger partial charge in [0, 0.05) is 49.0 Å². The highest BCUT2D eigenvalue weighted by atomic mass is 35.5. The van der Waals surface area contributed by atoms with E-state index in [4.69, 9.17) is 21.3 Å². The van der Waals surface area contributed by atoms with Crippen molar-refractivity contribution in [1.29, 1.82) is 0 Å².